The Kier molecular flexibility index (Phi) is 4.32. The zero-order chi connectivity index (χ0) is 16.9. The van der Waals surface area contributed by atoms with Gasteiger partial charge in [-0.1, -0.05) is 17.7 Å². The number of rotatable bonds is 2. The van der Waals surface area contributed by atoms with Crippen LogP contribution >= 0.6 is 11.6 Å². The molecule has 122 valence electrons. The number of alkyl halides is 3. The SMILES string of the molecule is CC1(C)OB([C@@H](N)c2ccc(C(F)(F)F)c(Cl)c2)OC1(C)C. The van der Waals surface area contributed by atoms with Crippen LogP contribution in [-0.2, 0) is 15.5 Å². The first-order valence-corrected chi connectivity index (χ1v) is 7.21. The van der Waals surface area contributed by atoms with Crippen molar-refractivity contribution in [2.45, 2.75) is 51.0 Å². The number of benzene rings is 1. The predicted molar refractivity (Wildman–Crippen MR) is 79.5 cm³/mol. The Morgan fingerprint density at radius 1 is 1.14 bits per heavy atom. The summed E-state index contributed by atoms with van der Waals surface area (Å²) in [6.07, 6.45) is -4.50. The van der Waals surface area contributed by atoms with Crippen LogP contribution in [0.4, 0.5) is 13.2 Å². The molecule has 1 aliphatic heterocycles. The Morgan fingerprint density at radius 3 is 2.05 bits per heavy atom. The highest BCUT2D eigenvalue weighted by molar-refractivity contribution is 6.47. The van der Waals surface area contributed by atoms with E-state index in [1.807, 2.05) is 27.7 Å². The molecule has 2 rings (SSSR count). The van der Waals surface area contributed by atoms with E-state index in [1.54, 1.807) is 0 Å². The van der Waals surface area contributed by atoms with Crippen molar-refractivity contribution in [1.82, 2.24) is 0 Å². The van der Waals surface area contributed by atoms with Crippen LogP contribution in [0.3, 0.4) is 0 Å². The fourth-order valence-electron chi connectivity index (χ4n) is 2.16. The maximum atomic E-state index is 12.7. The maximum Gasteiger partial charge on any atom is 0.480 e. The van der Waals surface area contributed by atoms with E-state index in [1.165, 1.54) is 12.1 Å². The van der Waals surface area contributed by atoms with E-state index in [9.17, 15) is 13.2 Å². The minimum atomic E-state index is -4.50. The first-order valence-electron chi connectivity index (χ1n) is 6.83. The molecule has 1 aromatic carbocycles. The second-order valence-electron chi connectivity index (χ2n) is 6.39. The lowest BCUT2D eigenvalue weighted by Gasteiger charge is -2.32. The van der Waals surface area contributed by atoms with Crippen LogP contribution in [0.15, 0.2) is 18.2 Å². The van der Waals surface area contributed by atoms with Crippen LogP contribution in [0.1, 0.15) is 44.8 Å². The minimum Gasteiger partial charge on any atom is -0.402 e. The monoisotopic (exact) mass is 335 g/mol. The molecule has 0 amide bonds. The summed E-state index contributed by atoms with van der Waals surface area (Å²) in [7, 11) is -0.752. The Hall–Kier alpha value is -0.755. The molecule has 2 N–H and O–H groups in total. The van der Waals surface area contributed by atoms with E-state index in [0.29, 0.717) is 5.56 Å². The van der Waals surface area contributed by atoms with Crippen LogP contribution in [0.5, 0.6) is 0 Å². The summed E-state index contributed by atoms with van der Waals surface area (Å²) in [6.45, 7) is 7.50. The van der Waals surface area contributed by atoms with Gasteiger partial charge in [0.2, 0.25) is 0 Å². The van der Waals surface area contributed by atoms with Crippen molar-refractivity contribution < 1.29 is 22.5 Å². The number of halogens is 4. The van der Waals surface area contributed by atoms with Crippen molar-refractivity contribution in [2.24, 2.45) is 5.73 Å². The normalized spacial score (nSPS) is 22.0. The molecule has 0 spiro atoms. The van der Waals surface area contributed by atoms with E-state index in [0.717, 1.165) is 6.07 Å². The minimum absolute atomic E-state index is 0.392. The summed E-state index contributed by atoms with van der Waals surface area (Å²) in [5.41, 5.74) is 4.49. The molecule has 0 radical (unpaired) electrons. The van der Waals surface area contributed by atoms with E-state index >= 15 is 0 Å². The summed E-state index contributed by atoms with van der Waals surface area (Å²) in [4.78, 5) is 0. The lowest BCUT2D eigenvalue weighted by molar-refractivity contribution is -0.137. The third-order valence-corrected chi connectivity index (χ3v) is 4.56. The zero-order valence-electron chi connectivity index (χ0n) is 12.8. The molecule has 0 saturated carbocycles. The summed E-state index contributed by atoms with van der Waals surface area (Å²) in [5.74, 6) is -0.735. The highest BCUT2D eigenvalue weighted by atomic mass is 35.5. The van der Waals surface area contributed by atoms with Crippen molar-refractivity contribution in [3.8, 4) is 0 Å². The van der Waals surface area contributed by atoms with E-state index in [2.05, 4.69) is 0 Å². The Bertz CT molecular complexity index is 562. The van der Waals surface area contributed by atoms with Crippen molar-refractivity contribution in [3.05, 3.63) is 34.3 Å². The molecule has 0 bridgehead atoms. The second-order valence-corrected chi connectivity index (χ2v) is 6.79. The molecule has 0 aliphatic carbocycles. The summed E-state index contributed by atoms with van der Waals surface area (Å²) in [6, 6.07) is 3.42. The van der Waals surface area contributed by atoms with Gasteiger partial charge < -0.3 is 15.0 Å². The lowest BCUT2D eigenvalue weighted by Crippen LogP contribution is -2.41. The standard InChI is InChI=1S/C14H18BClF3NO2/c1-12(2)13(3,4)22-15(21-12)11(20)8-5-6-9(10(16)7-8)14(17,18)19/h5-7,11H,20H2,1-4H3/t11-/m0/s1. The third-order valence-electron chi connectivity index (χ3n) is 4.25. The summed E-state index contributed by atoms with van der Waals surface area (Å²) < 4.78 is 49.8. The largest absolute Gasteiger partial charge is 0.480 e. The smallest absolute Gasteiger partial charge is 0.402 e. The first kappa shape index (κ1) is 17.6. The quantitative estimate of drug-likeness (QED) is 0.831. The molecule has 1 fully saturated rings. The molecule has 8 heteroatoms. The number of hydrogen-bond acceptors (Lipinski definition) is 3. The molecule has 1 heterocycles. The molecule has 1 aliphatic rings. The summed E-state index contributed by atoms with van der Waals surface area (Å²) >= 11 is 5.72. The van der Waals surface area contributed by atoms with Crippen LogP contribution in [0.25, 0.3) is 0 Å². The molecule has 22 heavy (non-hydrogen) atoms. The molecule has 1 atom stereocenters. The second kappa shape index (κ2) is 5.41. The first-order chi connectivity index (χ1) is 9.85. The van der Waals surface area contributed by atoms with Crippen LogP contribution in [0, 0.1) is 0 Å². The molecular formula is C14H18BClF3NO2. The van der Waals surface area contributed by atoms with Gasteiger partial charge in [-0.05, 0) is 45.4 Å². The fourth-order valence-corrected chi connectivity index (χ4v) is 2.46. The van der Waals surface area contributed by atoms with Gasteiger partial charge in [0.05, 0.1) is 27.7 Å². The van der Waals surface area contributed by atoms with E-state index < -0.39 is 41.0 Å². The van der Waals surface area contributed by atoms with Crippen molar-refractivity contribution in [2.75, 3.05) is 0 Å². The molecule has 3 nitrogen and oxygen atoms in total. The van der Waals surface area contributed by atoms with Gasteiger partial charge in [-0.25, -0.2) is 0 Å². The molecule has 1 aromatic rings. The topological polar surface area (TPSA) is 44.5 Å². The Morgan fingerprint density at radius 2 is 1.64 bits per heavy atom. The van der Waals surface area contributed by atoms with Gasteiger partial charge in [0.15, 0.2) is 0 Å². The molecular weight excluding hydrogens is 317 g/mol. The Labute approximate surface area is 133 Å². The van der Waals surface area contributed by atoms with Crippen LogP contribution < -0.4 is 5.73 Å². The van der Waals surface area contributed by atoms with Gasteiger partial charge in [0.1, 0.15) is 0 Å². The van der Waals surface area contributed by atoms with Gasteiger partial charge in [-0.2, -0.15) is 13.2 Å². The highest BCUT2D eigenvalue weighted by Gasteiger charge is 2.53. The maximum absolute atomic E-state index is 12.7. The summed E-state index contributed by atoms with van der Waals surface area (Å²) in [5, 5.41) is -0.392. The van der Waals surface area contributed by atoms with Gasteiger partial charge in [-0.3, -0.25) is 0 Å². The van der Waals surface area contributed by atoms with Gasteiger partial charge in [0, 0.05) is 0 Å². The van der Waals surface area contributed by atoms with Crippen molar-refractivity contribution >= 4 is 18.7 Å². The van der Waals surface area contributed by atoms with E-state index in [4.69, 9.17) is 26.6 Å². The zero-order valence-corrected chi connectivity index (χ0v) is 13.5. The average Bonchev–Trinajstić information content (AvgIpc) is 2.55. The predicted octanol–water partition coefficient (Wildman–Crippen LogP) is 3.99. The van der Waals surface area contributed by atoms with Crippen molar-refractivity contribution in [3.63, 3.8) is 0 Å². The number of nitrogens with two attached hydrogens (primary N) is 1. The lowest BCUT2D eigenvalue weighted by atomic mass is 9.75. The molecule has 1 saturated heterocycles. The third kappa shape index (κ3) is 3.13. The Balaban J connectivity index is 2.25. The van der Waals surface area contributed by atoms with E-state index in [-0.39, 0.29) is 0 Å². The van der Waals surface area contributed by atoms with Crippen molar-refractivity contribution in [1.29, 1.82) is 0 Å². The van der Waals surface area contributed by atoms with Gasteiger partial charge >= 0.3 is 13.3 Å². The fraction of sp³-hybridized carbons (Fsp3) is 0.571. The highest BCUT2D eigenvalue weighted by Crippen LogP contribution is 2.41. The van der Waals surface area contributed by atoms with Gasteiger partial charge in [-0.15, -0.1) is 0 Å². The number of hydrogen-bond donors (Lipinski definition) is 1. The van der Waals surface area contributed by atoms with Crippen LogP contribution in [0.2, 0.25) is 5.02 Å². The molecule has 0 aromatic heterocycles. The average molecular weight is 336 g/mol. The molecule has 0 unspecified atom stereocenters. The van der Waals surface area contributed by atoms with Crippen LogP contribution in [-0.4, -0.2) is 18.3 Å². The van der Waals surface area contributed by atoms with Gasteiger partial charge in [0.25, 0.3) is 0 Å².